The van der Waals surface area contributed by atoms with E-state index in [4.69, 9.17) is 4.74 Å². The van der Waals surface area contributed by atoms with Crippen molar-refractivity contribution in [3.63, 3.8) is 0 Å². The molecule has 2 aliphatic rings. The first-order chi connectivity index (χ1) is 9.64. The van der Waals surface area contributed by atoms with Gasteiger partial charge in [0.25, 0.3) is 0 Å². The summed E-state index contributed by atoms with van der Waals surface area (Å²) in [5.41, 5.74) is 1.27. The van der Waals surface area contributed by atoms with Gasteiger partial charge in [0, 0.05) is 35.0 Å². The highest BCUT2D eigenvalue weighted by Gasteiger charge is 2.46. The summed E-state index contributed by atoms with van der Waals surface area (Å²) in [7, 11) is 0. The minimum Gasteiger partial charge on any atom is -0.486 e. The van der Waals surface area contributed by atoms with E-state index >= 15 is 0 Å². The second-order valence-electron chi connectivity index (χ2n) is 6.02. The van der Waals surface area contributed by atoms with Gasteiger partial charge in [-0.15, -0.1) is 0 Å². The molecule has 3 atom stereocenters. The van der Waals surface area contributed by atoms with Crippen molar-refractivity contribution in [2.24, 2.45) is 5.92 Å². The molecule has 3 unspecified atom stereocenters. The summed E-state index contributed by atoms with van der Waals surface area (Å²) in [6.45, 7) is 7.56. The van der Waals surface area contributed by atoms with Gasteiger partial charge in [0.2, 0.25) is 0 Å². The number of ether oxygens (including phenoxy) is 1. The van der Waals surface area contributed by atoms with Gasteiger partial charge in [0.1, 0.15) is 11.4 Å². The normalized spacial score (nSPS) is 32.8. The lowest BCUT2D eigenvalue weighted by Gasteiger charge is -2.48. The molecule has 1 fully saturated rings. The van der Waals surface area contributed by atoms with Crippen molar-refractivity contribution in [1.82, 2.24) is 10.6 Å². The number of piperidine rings is 1. The first-order valence-corrected chi connectivity index (χ1v) is 8.36. The summed E-state index contributed by atoms with van der Waals surface area (Å²) in [5.74, 6) is 1.59. The predicted molar refractivity (Wildman–Crippen MR) is 85.2 cm³/mol. The fourth-order valence-corrected chi connectivity index (χ4v) is 3.91. The van der Waals surface area contributed by atoms with Crippen molar-refractivity contribution >= 4 is 15.9 Å². The Balaban J connectivity index is 1.98. The Morgan fingerprint density at radius 2 is 2.35 bits per heavy atom. The van der Waals surface area contributed by atoms with Crippen molar-refractivity contribution in [3.05, 3.63) is 28.2 Å². The van der Waals surface area contributed by atoms with Crippen LogP contribution in [0.25, 0.3) is 0 Å². The van der Waals surface area contributed by atoms with E-state index in [-0.39, 0.29) is 5.60 Å². The van der Waals surface area contributed by atoms with E-state index in [2.05, 4.69) is 58.6 Å². The third kappa shape index (κ3) is 2.49. The predicted octanol–water partition coefficient (Wildman–Crippen LogP) is 3.25. The number of halogens is 1. The fraction of sp³-hybridized carbons (Fsp3) is 0.625. The van der Waals surface area contributed by atoms with Crippen molar-refractivity contribution in [2.45, 2.75) is 38.3 Å². The molecule has 3 nitrogen and oxygen atoms in total. The molecule has 0 saturated carbocycles. The van der Waals surface area contributed by atoms with Crippen LogP contribution in [0.1, 0.15) is 38.3 Å². The van der Waals surface area contributed by atoms with E-state index < -0.39 is 0 Å². The third-order valence-corrected chi connectivity index (χ3v) is 5.23. The summed E-state index contributed by atoms with van der Waals surface area (Å²) in [4.78, 5) is 0. The molecule has 1 aromatic rings. The zero-order chi connectivity index (χ0) is 14.2. The maximum absolute atomic E-state index is 6.50. The zero-order valence-corrected chi connectivity index (χ0v) is 13.8. The molecule has 0 aliphatic carbocycles. The molecule has 2 N–H and O–H groups in total. The first-order valence-electron chi connectivity index (χ1n) is 7.57. The Kier molecular flexibility index (Phi) is 4.07. The monoisotopic (exact) mass is 338 g/mol. The fourth-order valence-electron chi connectivity index (χ4n) is 3.54. The number of hydrogen-bond donors (Lipinski definition) is 2. The SMILES string of the molecule is CCNC1CC2(CCNCC2C)Oc2ccc(Br)cc21. The summed E-state index contributed by atoms with van der Waals surface area (Å²) in [5, 5.41) is 7.12. The molecule has 1 spiro atoms. The van der Waals surface area contributed by atoms with Crippen LogP contribution in [0, 0.1) is 5.92 Å². The summed E-state index contributed by atoms with van der Waals surface area (Å²) >= 11 is 3.58. The van der Waals surface area contributed by atoms with Crippen LogP contribution in [-0.2, 0) is 0 Å². The van der Waals surface area contributed by atoms with Gasteiger partial charge in [-0.25, -0.2) is 0 Å². The highest BCUT2D eigenvalue weighted by atomic mass is 79.9. The van der Waals surface area contributed by atoms with Gasteiger partial charge in [-0.3, -0.25) is 0 Å². The standard InChI is InChI=1S/C16H23BrN2O/c1-3-19-14-9-16(6-7-18-10-11(16)2)20-15-5-4-12(17)8-13(14)15/h4-5,8,11,14,18-19H,3,6-7,9-10H2,1-2H3. The highest BCUT2D eigenvalue weighted by Crippen LogP contribution is 2.46. The molecule has 0 amide bonds. The molecule has 2 heterocycles. The van der Waals surface area contributed by atoms with Crippen molar-refractivity contribution < 1.29 is 4.74 Å². The molecular formula is C16H23BrN2O. The van der Waals surface area contributed by atoms with Crippen LogP contribution < -0.4 is 15.4 Å². The van der Waals surface area contributed by atoms with Gasteiger partial charge >= 0.3 is 0 Å². The average molecular weight is 339 g/mol. The van der Waals surface area contributed by atoms with Crippen LogP contribution in [0.5, 0.6) is 5.75 Å². The molecule has 1 aromatic carbocycles. The van der Waals surface area contributed by atoms with Crippen LogP contribution >= 0.6 is 15.9 Å². The number of hydrogen-bond acceptors (Lipinski definition) is 3. The van der Waals surface area contributed by atoms with E-state index in [1.54, 1.807) is 0 Å². The van der Waals surface area contributed by atoms with Crippen LogP contribution in [-0.4, -0.2) is 25.2 Å². The highest BCUT2D eigenvalue weighted by molar-refractivity contribution is 9.10. The summed E-state index contributed by atoms with van der Waals surface area (Å²) in [6, 6.07) is 6.77. The minimum absolute atomic E-state index is 0.0150. The van der Waals surface area contributed by atoms with Crippen LogP contribution in [0.15, 0.2) is 22.7 Å². The third-order valence-electron chi connectivity index (χ3n) is 4.73. The van der Waals surface area contributed by atoms with Crippen LogP contribution in [0.4, 0.5) is 0 Å². The van der Waals surface area contributed by atoms with Crippen molar-refractivity contribution in [1.29, 1.82) is 0 Å². The van der Waals surface area contributed by atoms with Gasteiger partial charge in [-0.1, -0.05) is 29.8 Å². The van der Waals surface area contributed by atoms with Crippen LogP contribution in [0.2, 0.25) is 0 Å². The number of fused-ring (bicyclic) bond motifs is 1. The maximum atomic E-state index is 6.50. The van der Waals surface area contributed by atoms with Gasteiger partial charge in [-0.05, 0) is 37.7 Å². The molecule has 0 aromatic heterocycles. The molecule has 2 aliphatic heterocycles. The molecule has 0 bridgehead atoms. The summed E-state index contributed by atoms with van der Waals surface area (Å²) < 4.78 is 7.63. The number of rotatable bonds is 2. The lowest BCUT2D eigenvalue weighted by atomic mass is 9.75. The molecule has 110 valence electrons. The minimum atomic E-state index is -0.0150. The zero-order valence-electron chi connectivity index (χ0n) is 12.2. The van der Waals surface area contributed by atoms with E-state index in [0.717, 1.165) is 42.7 Å². The second kappa shape index (κ2) is 5.66. The van der Waals surface area contributed by atoms with Gasteiger partial charge in [0.15, 0.2) is 0 Å². The van der Waals surface area contributed by atoms with Gasteiger partial charge in [-0.2, -0.15) is 0 Å². The Hall–Kier alpha value is -0.580. The van der Waals surface area contributed by atoms with E-state index in [9.17, 15) is 0 Å². The molecule has 4 heteroatoms. The molecule has 3 rings (SSSR count). The topological polar surface area (TPSA) is 33.3 Å². The van der Waals surface area contributed by atoms with E-state index in [0.29, 0.717) is 12.0 Å². The molecule has 20 heavy (non-hydrogen) atoms. The Labute approximate surface area is 129 Å². The maximum Gasteiger partial charge on any atom is 0.125 e. The largest absolute Gasteiger partial charge is 0.486 e. The smallest absolute Gasteiger partial charge is 0.125 e. The van der Waals surface area contributed by atoms with Gasteiger partial charge < -0.3 is 15.4 Å². The molecule has 0 radical (unpaired) electrons. The summed E-state index contributed by atoms with van der Waals surface area (Å²) in [6.07, 6.45) is 2.15. The second-order valence-corrected chi connectivity index (χ2v) is 6.93. The van der Waals surface area contributed by atoms with Crippen molar-refractivity contribution in [3.8, 4) is 5.75 Å². The Morgan fingerprint density at radius 1 is 1.50 bits per heavy atom. The number of nitrogens with one attached hydrogen (secondary N) is 2. The molecule has 1 saturated heterocycles. The van der Waals surface area contributed by atoms with Crippen LogP contribution in [0.3, 0.4) is 0 Å². The Bertz CT molecular complexity index is 493. The van der Waals surface area contributed by atoms with E-state index in [1.807, 2.05) is 0 Å². The lowest BCUT2D eigenvalue weighted by Crippen LogP contribution is -2.56. The lowest BCUT2D eigenvalue weighted by molar-refractivity contribution is -0.0371. The van der Waals surface area contributed by atoms with E-state index in [1.165, 1.54) is 5.56 Å². The van der Waals surface area contributed by atoms with Gasteiger partial charge in [0.05, 0.1) is 0 Å². The number of benzene rings is 1. The Morgan fingerprint density at radius 3 is 3.10 bits per heavy atom. The molecular weight excluding hydrogens is 316 g/mol. The average Bonchev–Trinajstić information content (AvgIpc) is 2.44. The quantitative estimate of drug-likeness (QED) is 0.868. The first kappa shape index (κ1) is 14.4. The van der Waals surface area contributed by atoms with Crippen molar-refractivity contribution in [2.75, 3.05) is 19.6 Å².